The minimum Gasteiger partial charge on any atom is -0.494 e. The number of aryl methyl sites for hydroxylation is 2. The molecule has 8 aromatic rings. The van der Waals surface area contributed by atoms with E-state index in [9.17, 15) is 19.8 Å². The Balaban J connectivity index is 0.000000197. The standard InChI is InChI=1S/C26H23N3O5.C24H20N4O4/c1-5-33-24(30)22-19-10-7-11-20(32-4)21(19)28-23(29-22)18-9-6-8-17(14-18)12-13-26(3,31)25-27-15-16(2)34-25;1-14-13-26-23(32-14)24(2,30)11-10-15-6-4-7-16(12-15)22-27-19-17(20(28-22)21(25)29)8-5-9-18(19)31-3/h6-11,14-15,31H,5H2,1-4H3;4-9,12-13,30H,1-3H3,(H2,25,29)/t26-;24-/m00/s1. The first kappa shape index (κ1) is 45.6. The van der Waals surface area contributed by atoms with Crippen LogP contribution in [0.25, 0.3) is 44.6 Å². The number of para-hydroxylation sites is 2. The van der Waals surface area contributed by atoms with E-state index in [0.29, 0.717) is 78.7 Å². The van der Waals surface area contributed by atoms with Crippen LogP contribution in [0.5, 0.6) is 11.5 Å². The third kappa shape index (κ3) is 10.0. The number of benzene rings is 4. The predicted molar refractivity (Wildman–Crippen MR) is 243 cm³/mol. The topological polar surface area (TPSA) is 232 Å². The molecule has 4 aromatic heterocycles. The van der Waals surface area contributed by atoms with E-state index in [1.807, 2.05) is 6.07 Å². The molecule has 0 unspecified atom stereocenters. The van der Waals surface area contributed by atoms with E-state index in [4.69, 9.17) is 28.8 Å². The van der Waals surface area contributed by atoms with E-state index in [-0.39, 0.29) is 29.8 Å². The van der Waals surface area contributed by atoms with Crippen molar-refractivity contribution in [2.24, 2.45) is 5.73 Å². The van der Waals surface area contributed by atoms with Gasteiger partial charge in [-0.25, -0.2) is 34.7 Å². The number of oxazole rings is 2. The van der Waals surface area contributed by atoms with Crippen molar-refractivity contribution in [1.29, 1.82) is 0 Å². The minimum atomic E-state index is -1.56. The number of aromatic nitrogens is 6. The summed E-state index contributed by atoms with van der Waals surface area (Å²) in [6, 6.07) is 24.8. The van der Waals surface area contributed by atoms with Gasteiger partial charge in [0.05, 0.1) is 33.2 Å². The van der Waals surface area contributed by atoms with Crippen LogP contribution in [-0.2, 0) is 15.9 Å². The summed E-state index contributed by atoms with van der Waals surface area (Å²) >= 11 is 0. The molecule has 0 spiro atoms. The number of carbonyl (C=O) groups excluding carboxylic acids is 2. The lowest BCUT2D eigenvalue weighted by Gasteiger charge is -2.11. The van der Waals surface area contributed by atoms with Gasteiger partial charge in [0.15, 0.2) is 28.5 Å². The van der Waals surface area contributed by atoms with Crippen molar-refractivity contribution in [2.75, 3.05) is 20.8 Å². The second kappa shape index (κ2) is 19.1. The maximum absolute atomic E-state index is 12.6. The van der Waals surface area contributed by atoms with Crippen LogP contribution < -0.4 is 15.2 Å². The molecule has 0 aliphatic carbocycles. The van der Waals surface area contributed by atoms with Crippen LogP contribution >= 0.6 is 0 Å². The lowest BCUT2D eigenvalue weighted by molar-refractivity contribution is 0.0521. The number of primary amides is 1. The summed E-state index contributed by atoms with van der Waals surface area (Å²) in [7, 11) is 3.07. The number of amides is 1. The smallest absolute Gasteiger partial charge is 0.357 e. The van der Waals surface area contributed by atoms with Crippen LogP contribution in [0.2, 0.25) is 0 Å². The second-order valence-electron chi connectivity index (χ2n) is 14.9. The molecule has 66 heavy (non-hydrogen) atoms. The number of carbonyl (C=O) groups is 2. The van der Waals surface area contributed by atoms with E-state index >= 15 is 0 Å². The van der Waals surface area contributed by atoms with Crippen molar-refractivity contribution < 1.29 is 42.8 Å². The SMILES string of the molecule is CCOC(=O)c1nc(-c2cccc(C#C[C@](C)(O)c3ncc(C)o3)c2)nc2c(OC)cccc12.COc1cccc2c(C(N)=O)nc(-c3cccc(C#C[C@](C)(O)c4ncc(C)o4)c3)nc12. The molecule has 2 atom stereocenters. The van der Waals surface area contributed by atoms with Crippen LogP contribution in [-0.4, -0.2) is 72.8 Å². The Morgan fingerprint density at radius 3 is 1.52 bits per heavy atom. The monoisotopic (exact) mass is 885 g/mol. The Morgan fingerprint density at radius 1 is 0.667 bits per heavy atom. The molecule has 1 amide bonds. The normalized spacial score (nSPS) is 12.6. The average Bonchev–Trinajstić information content (AvgIpc) is 3.98. The van der Waals surface area contributed by atoms with E-state index in [0.717, 1.165) is 0 Å². The molecular formula is C50H43N7O9. The highest BCUT2D eigenvalue weighted by atomic mass is 16.5. The van der Waals surface area contributed by atoms with Gasteiger partial charge in [0.1, 0.15) is 39.7 Å². The molecule has 332 valence electrons. The number of ether oxygens (including phenoxy) is 3. The number of nitrogens with two attached hydrogens (primary N) is 1. The van der Waals surface area contributed by atoms with Gasteiger partial charge in [0, 0.05) is 33.0 Å². The molecular weight excluding hydrogens is 843 g/mol. The third-order valence-electron chi connectivity index (χ3n) is 9.74. The van der Waals surface area contributed by atoms with Crippen LogP contribution in [0.1, 0.15) is 76.2 Å². The quantitative estimate of drug-likeness (QED) is 0.0979. The van der Waals surface area contributed by atoms with Crippen LogP contribution in [0.3, 0.4) is 0 Å². The Bertz CT molecular complexity index is 3260. The van der Waals surface area contributed by atoms with Crippen LogP contribution in [0.15, 0.2) is 106 Å². The fourth-order valence-corrected chi connectivity index (χ4v) is 6.51. The van der Waals surface area contributed by atoms with Gasteiger partial charge in [-0.15, -0.1) is 0 Å². The highest BCUT2D eigenvalue weighted by Crippen LogP contribution is 2.31. The first-order valence-corrected chi connectivity index (χ1v) is 20.3. The summed E-state index contributed by atoms with van der Waals surface area (Å²) in [6.45, 7) is 8.46. The lowest BCUT2D eigenvalue weighted by Crippen LogP contribution is -2.18. The van der Waals surface area contributed by atoms with Crippen molar-refractivity contribution in [2.45, 2.75) is 45.8 Å². The number of methoxy groups -OCH3 is 2. The average molecular weight is 886 g/mol. The van der Waals surface area contributed by atoms with Crippen LogP contribution in [0.4, 0.5) is 0 Å². The van der Waals surface area contributed by atoms with Crippen molar-refractivity contribution >= 4 is 33.7 Å². The highest BCUT2D eigenvalue weighted by molar-refractivity contribution is 6.05. The van der Waals surface area contributed by atoms with Crippen LogP contribution in [0, 0.1) is 37.5 Å². The van der Waals surface area contributed by atoms with Gasteiger partial charge in [-0.3, -0.25) is 4.79 Å². The first-order chi connectivity index (χ1) is 31.6. The number of esters is 1. The molecule has 0 radical (unpaired) electrons. The van der Waals surface area contributed by atoms with E-state index < -0.39 is 23.1 Å². The zero-order valence-electron chi connectivity index (χ0n) is 37.0. The molecule has 0 saturated heterocycles. The largest absolute Gasteiger partial charge is 0.494 e. The zero-order valence-corrected chi connectivity index (χ0v) is 37.0. The van der Waals surface area contributed by atoms with Crippen molar-refractivity contribution in [3.63, 3.8) is 0 Å². The number of hydrogen-bond donors (Lipinski definition) is 3. The molecule has 0 bridgehead atoms. The molecule has 0 saturated carbocycles. The number of nitrogens with zero attached hydrogens (tertiary/aromatic N) is 6. The zero-order chi connectivity index (χ0) is 47.2. The summed E-state index contributed by atoms with van der Waals surface area (Å²) in [5.41, 5.74) is 6.15. The Hall–Kier alpha value is -8.44. The van der Waals surface area contributed by atoms with Gasteiger partial charge in [0.25, 0.3) is 5.91 Å². The Kier molecular flexibility index (Phi) is 13.2. The van der Waals surface area contributed by atoms with Gasteiger partial charge in [-0.2, -0.15) is 0 Å². The van der Waals surface area contributed by atoms with Crippen molar-refractivity contribution in [3.05, 3.63) is 143 Å². The summed E-state index contributed by atoms with van der Waals surface area (Å²) in [5.74, 6) is 13.3. The molecule has 0 aliphatic rings. The second-order valence-corrected chi connectivity index (χ2v) is 14.9. The molecule has 4 aromatic carbocycles. The number of fused-ring (bicyclic) bond motifs is 2. The molecule has 16 nitrogen and oxygen atoms in total. The van der Waals surface area contributed by atoms with Crippen molar-refractivity contribution in [3.8, 4) is 58.0 Å². The van der Waals surface area contributed by atoms with E-state index in [2.05, 4.69) is 53.6 Å². The highest BCUT2D eigenvalue weighted by Gasteiger charge is 2.27. The molecule has 16 heteroatoms. The predicted octanol–water partition coefficient (Wildman–Crippen LogP) is 7.00. The summed E-state index contributed by atoms with van der Waals surface area (Å²) in [5, 5.41) is 22.3. The van der Waals surface area contributed by atoms with Gasteiger partial charge in [0.2, 0.25) is 11.8 Å². The summed E-state index contributed by atoms with van der Waals surface area (Å²) < 4.78 is 26.8. The van der Waals surface area contributed by atoms with E-state index in [1.54, 1.807) is 99.6 Å². The fourth-order valence-electron chi connectivity index (χ4n) is 6.51. The Labute approximate surface area is 378 Å². The van der Waals surface area contributed by atoms with Gasteiger partial charge in [-0.05, 0) is 71.0 Å². The Morgan fingerprint density at radius 2 is 1.11 bits per heavy atom. The van der Waals surface area contributed by atoms with E-state index in [1.165, 1.54) is 40.5 Å². The molecule has 4 heterocycles. The molecule has 0 aliphatic heterocycles. The number of rotatable bonds is 9. The molecule has 8 rings (SSSR count). The first-order valence-electron chi connectivity index (χ1n) is 20.3. The number of aliphatic hydroxyl groups is 2. The molecule has 4 N–H and O–H groups in total. The third-order valence-corrected chi connectivity index (χ3v) is 9.74. The molecule has 0 fully saturated rings. The van der Waals surface area contributed by atoms with Gasteiger partial charge in [-0.1, -0.05) is 72.2 Å². The maximum atomic E-state index is 12.6. The minimum absolute atomic E-state index is 0.0996. The van der Waals surface area contributed by atoms with Crippen molar-refractivity contribution in [1.82, 2.24) is 29.9 Å². The van der Waals surface area contributed by atoms with Gasteiger partial charge >= 0.3 is 5.97 Å². The summed E-state index contributed by atoms with van der Waals surface area (Å²) in [6.07, 6.45) is 3.05. The van der Waals surface area contributed by atoms with Gasteiger partial charge < -0.3 is 39.0 Å². The maximum Gasteiger partial charge on any atom is 0.357 e. The lowest BCUT2D eigenvalue weighted by atomic mass is 10.1. The fraction of sp³-hybridized carbons (Fsp3) is 0.200. The number of hydrogen-bond acceptors (Lipinski definition) is 15. The summed E-state index contributed by atoms with van der Waals surface area (Å²) in [4.78, 5) is 50.9.